The molecule has 1 aliphatic carbocycles. The molecule has 7 nitrogen and oxygen atoms in total. The Morgan fingerprint density at radius 3 is 2.76 bits per heavy atom. The van der Waals surface area contributed by atoms with Crippen LogP contribution in [0.1, 0.15) is 41.8 Å². The van der Waals surface area contributed by atoms with Crippen LogP contribution in [0.5, 0.6) is 0 Å². The Balaban J connectivity index is 1.61. The summed E-state index contributed by atoms with van der Waals surface area (Å²) >= 11 is 7.30. The van der Waals surface area contributed by atoms with Crippen LogP contribution in [0.3, 0.4) is 0 Å². The molecule has 1 aromatic heterocycles. The van der Waals surface area contributed by atoms with Gasteiger partial charge < -0.3 is 9.84 Å². The van der Waals surface area contributed by atoms with Crippen LogP contribution in [0, 0.1) is 6.92 Å². The van der Waals surface area contributed by atoms with Crippen molar-refractivity contribution in [1.29, 1.82) is 0 Å². The molecule has 0 unspecified atom stereocenters. The second-order valence-electron chi connectivity index (χ2n) is 7.19. The van der Waals surface area contributed by atoms with Crippen molar-refractivity contribution in [3.8, 4) is 11.3 Å². The number of rotatable bonds is 4. The van der Waals surface area contributed by atoms with Crippen LogP contribution in [0.15, 0.2) is 28.8 Å². The van der Waals surface area contributed by atoms with Gasteiger partial charge in [0.15, 0.2) is 0 Å². The highest BCUT2D eigenvalue weighted by Gasteiger charge is 2.41. The van der Waals surface area contributed by atoms with Gasteiger partial charge in [0.05, 0.1) is 22.9 Å². The predicted molar refractivity (Wildman–Crippen MR) is 110 cm³/mol. The molecule has 1 saturated carbocycles. The number of benzene rings is 1. The number of thioether (sulfide) groups is 1. The van der Waals surface area contributed by atoms with Gasteiger partial charge in [0.2, 0.25) is 5.91 Å². The molecule has 2 aromatic rings. The summed E-state index contributed by atoms with van der Waals surface area (Å²) < 4.78 is 5.28. The fraction of sp³-hybridized carbons (Fsp3) is 0.400. The van der Waals surface area contributed by atoms with Crippen LogP contribution < -0.4 is 5.32 Å². The van der Waals surface area contributed by atoms with Gasteiger partial charge in [-0.2, -0.15) is 0 Å². The first-order valence-electron chi connectivity index (χ1n) is 9.48. The van der Waals surface area contributed by atoms with Crippen molar-refractivity contribution < 1.29 is 18.9 Å². The Hall–Kier alpha value is -2.32. The molecule has 0 spiro atoms. The fourth-order valence-corrected chi connectivity index (χ4v) is 4.98. The number of aromatic nitrogens is 1. The summed E-state index contributed by atoms with van der Waals surface area (Å²) in [7, 11) is 0. The zero-order valence-corrected chi connectivity index (χ0v) is 17.4. The molecular formula is C20H20ClN3O4S. The van der Waals surface area contributed by atoms with E-state index in [1.807, 2.05) is 6.07 Å². The number of aryl methyl sites for hydroxylation is 1. The predicted octanol–water partition coefficient (Wildman–Crippen LogP) is 4.04. The van der Waals surface area contributed by atoms with Gasteiger partial charge in [-0.05, 0) is 25.8 Å². The molecule has 0 radical (unpaired) electrons. The van der Waals surface area contributed by atoms with E-state index in [0.717, 1.165) is 24.6 Å². The summed E-state index contributed by atoms with van der Waals surface area (Å²) in [5.74, 6) is 0.0114. The highest BCUT2D eigenvalue weighted by atomic mass is 35.5. The molecule has 29 heavy (non-hydrogen) atoms. The van der Waals surface area contributed by atoms with Gasteiger partial charge in [-0.15, -0.1) is 0 Å². The minimum absolute atomic E-state index is 0.164. The van der Waals surface area contributed by atoms with Crippen LogP contribution >= 0.6 is 23.4 Å². The van der Waals surface area contributed by atoms with Crippen LogP contribution in [0.25, 0.3) is 11.3 Å². The third-order valence-electron chi connectivity index (χ3n) is 5.38. The monoisotopic (exact) mass is 433 g/mol. The first kappa shape index (κ1) is 20.0. The number of nitrogens with zero attached hydrogens (tertiary/aromatic N) is 2. The van der Waals surface area contributed by atoms with E-state index >= 15 is 0 Å². The SMILES string of the molecule is Cc1onc(-c2ccccc2Cl)c1C(=O)N[C@H]1CCCC[C@H]1N1C(=O)CSC1=O. The van der Waals surface area contributed by atoms with E-state index in [2.05, 4.69) is 10.5 Å². The first-order valence-corrected chi connectivity index (χ1v) is 10.8. The highest BCUT2D eigenvalue weighted by Crippen LogP contribution is 2.33. The smallest absolute Gasteiger partial charge is 0.289 e. The Kier molecular flexibility index (Phi) is 5.65. The van der Waals surface area contributed by atoms with Gasteiger partial charge >= 0.3 is 0 Å². The lowest BCUT2D eigenvalue weighted by atomic mass is 9.89. The average Bonchev–Trinajstić information content (AvgIpc) is 3.25. The van der Waals surface area contributed by atoms with E-state index in [9.17, 15) is 14.4 Å². The number of hydrogen-bond acceptors (Lipinski definition) is 6. The molecule has 0 bridgehead atoms. The van der Waals surface area contributed by atoms with Crippen molar-refractivity contribution in [2.24, 2.45) is 0 Å². The molecule has 4 rings (SSSR count). The van der Waals surface area contributed by atoms with Crippen molar-refractivity contribution >= 4 is 40.4 Å². The van der Waals surface area contributed by atoms with Crippen molar-refractivity contribution in [2.45, 2.75) is 44.7 Å². The third-order valence-corrected chi connectivity index (χ3v) is 6.55. The third kappa shape index (κ3) is 3.79. The van der Waals surface area contributed by atoms with E-state index in [4.69, 9.17) is 16.1 Å². The van der Waals surface area contributed by atoms with Gasteiger partial charge in [-0.3, -0.25) is 19.3 Å². The summed E-state index contributed by atoms with van der Waals surface area (Å²) in [6.07, 6.45) is 3.22. The topological polar surface area (TPSA) is 92.5 Å². The highest BCUT2D eigenvalue weighted by molar-refractivity contribution is 8.14. The zero-order valence-electron chi connectivity index (χ0n) is 15.8. The van der Waals surface area contributed by atoms with E-state index in [0.29, 0.717) is 40.4 Å². The lowest BCUT2D eigenvalue weighted by molar-refractivity contribution is -0.127. The molecule has 152 valence electrons. The van der Waals surface area contributed by atoms with E-state index in [1.54, 1.807) is 25.1 Å². The van der Waals surface area contributed by atoms with Crippen LogP contribution in [-0.4, -0.2) is 44.9 Å². The van der Waals surface area contributed by atoms with Crippen LogP contribution in [-0.2, 0) is 4.79 Å². The Labute approximate surface area is 177 Å². The molecule has 2 fully saturated rings. The van der Waals surface area contributed by atoms with Crippen molar-refractivity contribution in [1.82, 2.24) is 15.4 Å². The van der Waals surface area contributed by atoms with E-state index < -0.39 is 0 Å². The van der Waals surface area contributed by atoms with Crippen molar-refractivity contribution in [2.75, 3.05) is 5.75 Å². The van der Waals surface area contributed by atoms with Gasteiger partial charge in [0, 0.05) is 5.56 Å². The van der Waals surface area contributed by atoms with Gasteiger partial charge in [-0.25, -0.2) is 0 Å². The average molecular weight is 434 g/mol. The number of carbonyl (C=O) groups excluding carboxylic acids is 3. The summed E-state index contributed by atoms with van der Waals surface area (Å²) in [6, 6.07) is 6.48. The second kappa shape index (κ2) is 8.20. The van der Waals surface area contributed by atoms with E-state index in [1.165, 1.54) is 4.90 Å². The number of amides is 3. The molecule has 1 N–H and O–H groups in total. The Morgan fingerprint density at radius 1 is 1.28 bits per heavy atom. The number of imide groups is 1. The lowest BCUT2D eigenvalue weighted by Crippen LogP contribution is -2.54. The number of nitrogens with one attached hydrogen (secondary N) is 1. The maximum atomic E-state index is 13.2. The molecule has 2 heterocycles. The first-order chi connectivity index (χ1) is 14.0. The zero-order chi connectivity index (χ0) is 20.5. The molecule has 9 heteroatoms. The Morgan fingerprint density at radius 2 is 2.03 bits per heavy atom. The minimum atomic E-state index is -0.345. The van der Waals surface area contributed by atoms with Gasteiger partial charge in [0.1, 0.15) is 17.0 Å². The van der Waals surface area contributed by atoms with Crippen LogP contribution in [0.2, 0.25) is 5.02 Å². The molecular weight excluding hydrogens is 414 g/mol. The molecule has 1 saturated heterocycles. The number of hydrogen-bond donors (Lipinski definition) is 1. The molecule has 3 amide bonds. The fourth-order valence-electron chi connectivity index (χ4n) is 3.99. The maximum Gasteiger partial charge on any atom is 0.289 e. The summed E-state index contributed by atoms with van der Waals surface area (Å²) in [5.41, 5.74) is 1.30. The summed E-state index contributed by atoms with van der Waals surface area (Å²) in [5, 5.41) is 7.29. The normalized spacial score (nSPS) is 22.2. The minimum Gasteiger partial charge on any atom is -0.360 e. The van der Waals surface area contributed by atoms with Crippen molar-refractivity contribution in [3.63, 3.8) is 0 Å². The molecule has 1 aliphatic heterocycles. The molecule has 1 aromatic carbocycles. The quantitative estimate of drug-likeness (QED) is 0.782. The van der Waals surface area contributed by atoms with E-state index in [-0.39, 0.29) is 34.9 Å². The van der Waals surface area contributed by atoms with Gasteiger partial charge in [-0.1, -0.05) is 59.6 Å². The summed E-state index contributed by atoms with van der Waals surface area (Å²) in [6.45, 7) is 1.67. The van der Waals surface area contributed by atoms with Crippen LogP contribution in [0.4, 0.5) is 4.79 Å². The molecule has 2 atom stereocenters. The summed E-state index contributed by atoms with van der Waals surface area (Å²) in [4.78, 5) is 38.9. The van der Waals surface area contributed by atoms with Gasteiger partial charge in [0.25, 0.3) is 11.1 Å². The number of carbonyl (C=O) groups is 3. The maximum absolute atomic E-state index is 13.2. The largest absolute Gasteiger partial charge is 0.360 e. The van der Waals surface area contributed by atoms with Crippen molar-refractivity contribution in [3.05, 3.63) is 40.6 Å². The molecule has 2 aliphatic rings. The Bertz CT molecular complexity index is 960. The standard InChI is InChI=1S/C20H20ClN3O4S/c1-11-17(18(23-28-11)12-6-2-3-7-13(12)21)19(26)22-14-8-4-5-9-15(14)24-16(25)10-29-20(24)27/h2-3,6-7,14-15H,4-5,8-10H2,1H3,(H,22,26)/t14-,15+/m0/s1. The second-order valence-corrected chi connectivity index (χ2v) is 8.53. The number of halogens is 1. The lowest BCUT2D eigenvalue weighted by Gasteiger charge is -2.36.